The third-order valence-electron chi connectivity index (χ3n) is 7.61. The normalized spacial score (nSPS) is 19.2. The molecular formula is C29H35N3O3. The van der Waals surface area contributed by atoms with Crippen LogP contribution in [0.2, 0.25) is 0 Å². The third kappa shape index (κ3) is 5.21. The van der Waals surface area contributed by atoms with E-state index < -0.39 is 0 Å². The molecule has 35 heavy (non-hydrogen) atoms. The highest BCUT2D eigenvalue weighted by Crippen LogP contribution is 2.36. The molecule has 3 aromatic rings. The highest BCUT2D eigenvalue weighted by molar-refractivity contribution is 5.85. The van der Waals surface area contributed by atoms with Crippen molar-refractivity contribution in [3.8, 4) is 5.75 Å². The zero-order valence-electron chi connectivity index (χ0n) is 20.5. The number of hydrogen-bond acceptors (Lipinski definition) is 3. The first-order valence-electron chi connectivity index (χ1n) is 12.9. The summed E-state index contributed by atoms with van der Waals surface area (Å²) in [5, 5.41) is 1.31. The van der Waals surface area contributed by atoms with Crippen LogP contribution in [0.25, 0.3) is 10.9 Å². The number of likely N-dealkylation sites (tertiary alicyclic amines) is 2. The number of aromatic nitrogens is 1. The van der Waals surface area contributed by atoms with Gasteiger partial charge in [-0.25, -0.2) is 0 Å². The summed E-state index contributed by atoms with van der Waals surface area (Å²) in [6, 6.07) is 18.1. The summed E-state index contributed by atoms with van der Waals surface area (Å²) in [5.41, 5.74) is 3.85. The molecule has 1 atom stereocenters. The van der Waals surface area contributed by atoms with Crippen molar-refractivity contribution >= 4 is 22.7 Å². The molecule has 2 aromatic carbocycles. The lowest BCUT2D eigenvalue weighted by molar-refractivity contribution is -0.141. The van der Waals surface area contributed by atoms with Crippen LogP contribution in [0, 0.1) is 12.8 Å². The van der Waals surface area contributed by atoms with Crippen LogP contribution in [0.4, 0.5) is 0 Å². The van der Waals surface area contributed by atoms with Crippen molar-refractivity contribution in [1.29, 1.82) is 0 Å². The Kier molecular flexibility index (Phi) is 7.07. The smallest absolute Gasteiger partial charge is 0.227 e. The molecule has 5 rings (SSSR count). The van der Waals surface area contributed by atoms with Gasteiger partial charge in [0.25, 0.3) is 0 Å². The first kappa shape index (κ1) is 23.5. The van der Waals surface area contributed by atoms with E-state index in [1.54, 1.807) is 0 Å². The lowest BCUT2D eigenvalue weighted by Gasteiger charge is -2.38. The van der Waals surface area contributed by atoms with E-state index in [1.165, 1.54) is 22.2 Å². The van der Waals surface area contributed by atoms with Gasteiger partial charge in [0.05, 0.1) is 18.9 Å². The van der Waals surface area contributed by atoms with Gasteiger partial charge in [0.2, 0.25) is 11.8 Å². The lowest BCUT2D eigenvalue weighted by Crippen LogP contribution is -2.48. The largest absolute Gasteiger partial charge is 0.493 e. The summed E-state index contributed by atoms with van der Waals surface area (Å²) < 4.78 is 5.69. The van der Waals surface area contributed by atoms with E-state index in [-0.39, 0.29) is 17.7 Å². The topological polar surface area (TPSA) is 65.6 Å². The Hall–Kier alpha value is -3.28. The van der Waals surface area contributed by atoms with Gasteiger partial charge in [-0.05, 0) is 62.3 Å². The van der Waals surface area contributed by atoms with Crippen LogP contribution in [0.1, 0.15) is 49.3 Å². The molecule has 0 bridgehead atoms. The van der Waals surface area contributed by atoms with Crippen molar-refractivity contribution in [3.05, 3.63) is 65.9 Å². The number of ether oxygens (including phenoxy) is 1. The molecular weight excluding hydrogens is 438 g/mol. The molecule has 0 aliphatic carbocycles. The van der Waals surface area contributed by atoms with Gasteiger partial charge in [-0.1, -0.05) is 36.4 Å². The maximum atomic E-state index is 13.3. The van der Waals surface area contributed by atoms with Gasteiger partial charge in [0, 0.05) is 42.8 Å². The number of piperidine rings is 2. The van der Waals surface area contributed by atoms with Gasteiger partial charge >= 0.3 is 0 Å². The standard InChI is InChI=1S/C29H35N3O3/c1-21-28(25-11-5-6-12-26(25)30-21)22-13-17-31(18-14-22)29(34)23-8-7-16-32(20-23)27(33)15-19-35-24-9-3-2-4-10-24/h2-6,9-12,22-23,30H,7-8,13-20H2,1H3. The Balaban J connectivity index is 1.13. The zero-order valence-corrected chi connectivity index (χ0v) is 20.5. The number of nitrogens with zero attached hydrogens (tertiary/aromatic N) is 2. The van der Waals surface area contributed by atoms with Gasteiger partial charge < -0.3 is 19.5 Å². The molecule has 2 saturated heterocycles. The van der Waals surface area contributed by atoms with Crippen LogP contribution >= 0.6 is 0 Å². The summed E-state index contributed by atoms with van der Waals surface area (Å²) in [6.07, 6.45) is 4.06. The summed E-state index contributed by atoms with van der Waals surface area (Å²) in [4.78, 5) is 33.5. The molecule has 0 spiro atoms. The number of carbonyl (C=O) groups is 2. The van der Waals surface area contributed by atoms with Crippen LogP contribution in [-0.4, -0.2) is 59.4 Å². The average molecular weight is 474 g/mol. The number of aromatic amines is 1. The van der Waals surface area contributed by atoms with Crippen LogP contribution in [0.3, 0.4) is 0 Å². The van der Waals surface area contributed by atoms with E-state index in [1.807, 2.05) is 40.1 Å². The molecule has 3 heterocycles. The molecule has 2 aliphatic heterocycles. The van der Waals surface area contributed by atoms with Gasteiger partial charge in [0.15, 0.2) is 0 Å². The average Bonchev–Trinajstić information content (AvgIpc) is 3.24. The van der Waals surface area contributed by atoms with Crippen molar-refractivity contribution in [2.24, 2.45) is 5.92 Å². The van der Waals surface area contributed by atoms with E-state index in [9.17, 15) is 9.59 Å². The predicted molar refractivity (Wildman–Crippen MR) is 137 cm³/mol. The van der Waals surface area contributed by atoms with Gasteiger partial charge in [-0.2, -0.15) is 0 Å². The Morgan fingerprint density at radius 1 is 0.943 bits per heavy atom. The molecule has 6 heteroatoms. The van der Waals surface area contributed by atoms with Gasteiger partial charge in [0.1, 0.15) is 5.75 Å². The van der Waals surface area contributed by atoms with Crippen molar-refractivity contribution in [2.45, 2.75) is 44.9 Å². The summed E-state index contributed by atoms with van der Waals surface area (Å²) in [6.45, 7) is 5.36. The number of fused-ring (bicyclic) bond motifs is 1. The maximum Gasteiger partial charge on any atom is 0.227 e. The number of aryl methyl sites for hydroxylation is 1. The number of amides is 2. The van der Waals surface area contributed by atoms with Crippen LogP contribution < -0.4 is 4.74 Å². The number of nitrogens with one attached hydrogen (secondary N) is 1. The molecule has 0 saturated carbocycles. The summed E-state index contributed by atoms with van der Waals surface area (Å²) in [7, 11) is 0. The minimum Gasteiger partial charge on any atom is -0.493 e. The summed E-state index contributed by atoms with van der Waals surface area (Å²) in [5.74, 6) is 1.46. The van der Waals surface area contributed by atoms with E-state index in [2.05, 4.69) is 36.2 Å². The van der Waals surface area contributed by atoms with E-state index in [0.717, 1.165) is 51.1 Å². The van der Waals surface area contributed by atoms with Crippen LogP contribution in [-0.2, 0) is 9.59 Å². The van der Waals surface area contributed by atoms with Crippen molar-refractivity contribution in [1.82, 2.24) is 14.8 Å². The molecule has 1 aromatic heterocycles. The Morgan fingerprint density at radius 3 is 2.49 bits per heavy atom. The SMILES string of the molecule is Cc1[nH]c2ccccc2c1C1CCN(C(=O)C2CCCN(C(=O)CCOc3ccccc3)C2)CC1. The van der Waals surface area contributed by atoms with Crippen molar-refractivity contribution in [3.63, 3.8) is 0 Å². The van der Waals surface area contributed by atoms with Gasteiger partial charge in [-0.15, -0.1) is 0 Å². The van der Waals surface area contributed by atoms with Crippen molar-refractivity contribution in [2.75, 3.05) is 32.8 Å². The van der Waals surface area contributed by atoms with E-state index >= 15 is 0 Å². The third-order valence-corrected chi connectivity index (χ3v) is 7.61. The highest BCUT2D eigenvalue weighted by Gasteiger charge is 2.33. The molecule has 184 valence electrons. The number of benzene rings is 2. The second-order valence-electron chi connectivity index (χ2n) is 9.90. The molecule has 2 amide bonds. The van der Waals surface area contributed by atoms with Crippen LogP contribution in [0.15, 0.2) is 54.6 Å². The maximum absolute atomic E-state index is 13.3. The number of para-hydroxylation sites is 2. The minimum atomic E-state index is -0.0888. The molecule has 1 unspecified atom stereocenters. The first-order chi connectivity index (χ1) is 17.1. The molecule has 1 N–H and O–H groups in total. The van der Waals surface area contributed by atoms with Crippen molar-refractivity contribution < 1.29 is 14.3 Å². The zero-order chi connectivity index (χ0) is 24.2. The number of H-pyrrole nitrogens is 1. The fourth-order valence-electron chi connectivity index (χ4n) is 5.81. The second kappa shape index (κ2) is 10.5. The Labute approximate surface area is 207 Å². The van der Waals surface area contributed by atoms with Crippen LogP contribution in [0.5, 0.6) is 5.75 Å². The highest BCUT2D eigenvalue weighted by atomic mass is 16.5. The fraction of sp³-hybridized carbons (Fsp3) is 0.448. The lowest BCUT2D eigenvalue weighted by atomic mass is 9.86. The quantitative estimate of drug-likeness (QED) is 0.554. The molecule has 0 radical (unpaired) electrons. The second-order valence-corrected chi connectivity index (χ2v) is 9.90. The molecule has 6 nitrogen and oxygen atoms in total. The number of carbonyl (C=O) groups excluding carboxylic acids is 2. The molecule has 2 aliphatic rings. The monoisotopic (exact) mass is 473 g/mol. The number of rotatable bonds is 6. The predicted octanol–water partition coefficient (Wildman–Crippen LogP) is 4.89. The first-order valence-corrected chi connectivity index (χ1v) is 12.9. The Bertz CT molecular complexity index is 1160. The van der Waals surface area contributed by atoms with E-state index in [4.69, 9.17) is 4.74 Å². The van der Waals surface area contributed by atoms with Gasteiger partial charge in [-0.3, -0.25) is 9.59 Å². The summed E-state index contributed by atoms with van der Waals surface area (Å²) >= 11 is 0. The van der Waals surface area contributed by atoms with E-state index in [0.29, 0.717) is 25.5 Å². The Morgan fingerprint density at radius 2 is 1.69 bits per heavy atom. The molecule has 2 fully saturated rings. The minimum absolute atomic E-state index is 0.0759. The fourth-order valence-corrected chi connectivity index (χ4v) is 5.81. The number of hydrogen-bond donors (Lipinski definition) is 1.